The summed E-state index contributed by atoms with van der Waals surface area (Å²) in [6.07, 6.45) is -5.07. The van der Waals surface area contributed by atoms with E-state index in [9.17, 15) is 18.3 Å². The molecule has 0 saturated carbocycles. The molecule has 9 heteroatoms. The minimum Gasteiger partial charge on any atom is -0.390 e. The van der Waals surface area contributed by atoms with Gasteiger partial charge in [0.15, 0.2) is 0 Å². The number of nitrogens with zero attached hydrogens (tertiary/aromatic N) is 2. The van der Waals surface area contributed by atoms with Crippen LogP contribution < -0.4 is 10.2 Å². The van der Waals surface area contributed by atoms with Gasteiger partial charge >= 0.3 is 6.18 Å². The number of para-hydroxylation sites is 1. The van der Waals surface area contributed by atoms with E-state index in [2.05, 4.69) is 10.2 Å². The highest BCUT2D eigenvalue weighted by atomic mass is 35.5. The molecule has 0 spiro atoms. The maximum atomic E-state index is 13.3. The first kappa shape index (κ1) is 22.2. The van der Waals surface area contributed by atoms with Crippen LogP contribution in [0.25, 0.3) is 0 Å². The van der Waals surface area contributed by atoms with Crippen molar-refractivity contribution in [3.8, 4) is 0 Å². The van der Waals surface area contributed by atoms with Crippen LogP contribution in [0.2, 0.25) is 0 Å². The van der Waals surface area contributed by atoms with Gasteiger partial charge < -0.3 is 15.3 Å². The molecule has 1 unspecified atom stereocenters. The summed E-state index contributed by atoms with van der Waals surface area (Å²) in [5, 5.41) is 14.0. The number of aliphatic hydroxyl groups excluding tert-OH is 1. The van der Waals surface area contributed by atoms with Crippen LogP contribution >= 0.6 is 24.2 Å². The Labute approximate surface area is 178 Å². The van der Waals surface area contributed by atoms with Crippen LogP contribution in [0.1, 0.15) is 5.56 Å². The molecule has 2 heterocycles. The third kappa shape index (κ3) is 5.00. The molecule has 0 bridgehead atoms. The number of halogens is 4. The van der Waals surface area contributed by atoms with E-state index >= 15 is 0 Å². The van der Waals surface area contributed by atoms with Gasteiger partial charge in [-0.2, -0.15) is 13.2 Å². The van der Waals surface area contributed by atoms with Crippen molar-refractivity contribution >= 4 is 35.5 Å². The Balaban J connectivity index is 0.00000240. The Morgan fingerprint density at radius 3 is 2.41 bits per heavy atom. The van der Waals surface area contributed by atoms with Crippen LogP contribution in [0, 0.1) is 0 Å². The van der Waals surface area contributed by atoms with Crippen molar-refractivity contribution in [3.05, 3.63) is 48.0 Å². The monoisotopic (exact) mass is 445 g/mol. The summed E-state index contributed by atoms with van der Waals surface area (Å²) < 4.78 is 39.8. The molecule has 0 amide bonds. The minimum atomic E-state index is -4.40. The first-order valence-corrected chi connectivity index (χ1v) is 10.1. The molecule has 1 saturated heterocycles. The molecule has 1 fully saturated rings. The molecule has 29 heavy (non-hydrogen) atoms. The topological polar surface area (TPSA) is 38.7 Å². The van der Waals surface area contributed by atoms with Crippen molar-refractivity contribution in [3.63, 3.8) is 0 Å². The number of fused-ring (bicyclic) bond motifs is 2. The van der Waals surface area contributed by atoms with Crippen LogP contribution in [0.4, 0.5) is 24.5 Å². The molecule has 2 aliphatic heterocycles. The van der Waals surface area contributed by atoms with Gasteiger partial charge in [0.05, 0.1) is 29.6 Å². The summed E-state index contributed by atoms with van der Waals surface area (Å²) in [5.41, 5.74) is 0.657. The van der Waals surface area contributed by atoms with Crippen molar-refractivity contribution in [1.82, 2.24) is 10.2 Å². The van der Waals surface area contributed by atoms with Crippen LogP contribution in [-0.2, 0) is 6.18 Å². The fourth-order valence-electron chi connectivity index (χ4n) is 3.66. The van der Waals surface area contributed by atoms with E-state index in [0.29, 0.717) is 12.2 Å². The largest absolute Gasteiger partial charge is 0.416 e. The lowest BCUT2D eigenvalue weighted by Gasteiger charge is -2.36. The van der Waals surface area contributed by atoms with E-state index in [1.807, 2.05) is 29.2 Å². The summed E-state index contributed by atoms with van der Waals surface area (Å²) >= 11 is 1.46. The van der Waals surface area contributed by atoms with Gasteiger partial charge in [-0.25, -0.2) is 0 Å². The van der Waals surface area contributed by atoms with Crippen molar-refractivity contribution < 1.29 is 18.3 Å². The van der Waals surface area contributed by atoms with Crippen LogP contribution in [0.15, 0.2) is 52.3 Å². The second-order valence-corrected chi connectivity index (χ2v) is 8.15. The SMILES string of the molecule is Cl.OC(CN1CCNCC1)CN1c2ccccc2Sc2ccc(C(F)(F)F)cc21. The van der Waals surface area contributed by atoms with E-state index in [1.54, 1.807) is 0 Å². The van der Waals surface area contributed by atoms with Gasteiger partial charge in [-0.05, 0) is 30.3 Å². The molecule has 2 aromatic rings. The molecule has 158 valence electrons. The zero-order chi connectivity index (χ0) is 19.7. The summed E-state index contributed by atoms with van der Waals surface area (Å²) in [6, 6.07) is 11.5. The fourth-order valence-corrected chi connectivity index (χ4v) is 4.74. The Morgan fingerprint density at radius 1 is 1.00 bits per heavy atom. The second kappa shape index (κ2) is 9.14. The van der Waals surface area contributed by atoms with Gasteiger partial charge in [0.1, 0.15) is 0 Å². The number of β-amino-alcohol motifs (C(OH)–C–C–N with tert-alkyl or cyclic N) is 1. The van der Waals surface area contributed by atoms with E-state index in [-0.39, 0.29) is 19.0 Å². The van der Waals surface area contributed by atoms with Gasteiger partial charge in [-0.1, -0.05) is 23.9 Å². The Morgan fingerprint density at radius 2 is 1.69 bits per heavy atom. The number of aliphatic hydroxyl groups is 1. The highest BCUT2D eigenvalue weighted by Crippen LogP contribution is 2.49. The van der Waals surface area contributed by atoms with Crippen LogP contribution in [-0.4, -0.2) is 55.4 Å². The maximum absolute atomic E-state index is 13.3. The summed E-state index contributed by atoms with van der Waals surface area (Å²) in [6.45, 7) is 4.23. The summed E-state index contributed by atoms with van der Waals surface area (Å²) in [7, 11) is 0. The molecular weight excluding hydrogens is 423 g/mol. The Hall–Kier alpha value is -1.45. The van der Waals surface area contributed by atoms with Crippen molar-refractivity contribution in [1.29, 1.82) is 0 Å². The standard InChI is InChI=1S/C20H22F3N3OS.ClH/c21-20(22,23)14-5-6-19-17(11-14)26(16-3-1-2-4-18(16)28-19)13-15(27)12-25-9-7-24-8-10-25;/h1-6,11,15,24,27H,7-10,12-13H2;1H. The van der Waals surface area contributed by atoms with E-state index < -0.39 is 17.8 Å². The number of hydrogen-bond donors (Lipinski definition) is 2. The lowest BCUT2D eigenvalue weighted by Crippen LogP contribution is -2.48. The Kier molecular flexibility index (Phi) is 7.01. The van der Waals surface area contributed by atoms with E-state index in [0.717, 1.165) is 47.7 Å². The van der Waals surface area contributed by atoms with Gasteiger partial charge in [-0.15, -0.1) is 12.4 Å². The minimum absolute atomic E-state index is 0. The van der Waals surface area contributed by atoms with Gasteiger partial charge in [0, 0.05) is 42.5 Å². The van der Waals surface area contributed by atoms with Crippen molar-refractivity contribution in [2.24, 2.45) is 0 Å². The second-order valence-electron chi connectivity index (χ2n) is 7.07. The first-order valence-electron chi connectivity index (χ1n) is 9.28. The van der Waals surface area contributed by atoms with Gasteiger partial charge in [0.2, 0.25) is 0 Å². The molecule has 0 aliphatic carbocycles. The fraction of sp³-hybridized carbons (Fsp3) is 0.400. The summed E-state index contributed by atoms with van der Waals surface area (Å²) in [4.78, 5) is 5.74. The molecular formula is C20H23ClF3N3OS. The number of hydrogen-bond acceptors (Lipinski definition) is 5. The zero-order valence-corrected chi connectivity index (χ0v) is 17.3. The average Bonchev–Trinajstić information content (AvgIpc) is 2.67. The number of alkyl halides is 3. The molecule has 0 radical (unpaired) electrons. The molecule has 2 N–H and O–H groups in total. The van der Waals surface area contributed by atoms with Crippen molar-refractivity contribution in [2.75, 3.05) is 44.2 Å². The van der Waals surface area contributed by atoms with Gasteiger partial charge in [0.25, 0.3) is 0 Å². The molecule has 2 aromatic carbocycles. The first-order chi connectivity index (χ1) is 13.4. The third-order valence-corrected chi connectivity index (χ3v) is 6.16. The van der Waals surface area contributed by atoms with Gasteiger partial charge in [-0.3, -0.25) is 4.90 Å². The smallest absolute Gasteiger partial charge is 0.390 e. The molecule has 0 aromatic heterocycles. The quantitative estimate of drug-likeness (QED) is 0.744. The number of anilines is 2. The average molecular weight is 446 g/mol. The normalized spacial score (nSPS) is 17.9. The Bertz CT molecular complexity index is 846. The molecule has 2 aliphatic rings. The number of rotatable bonds is 4. The zero-order valence-electron chi connectivity index (χ0n) is 15.7. The van der Waals surface area contributed by atoms with Crippen LogP contribution in [0.5, 0.6) is 0 Å². The molecule has 4 nitrogen and oxygen atoms in total. The predicted molar refractivity (Wildman–Crippen MR) is 112 cm³/mol. The maximum Gasteiger partial charge on any atom is 0.416 e. The lowest BCUT2D eigenvalue weighted by molar-refractivity contribution is -0.137. The summed E-state index contributed by atoms with van der Waals surface area (Å²) in [5.74, 6) is 0. The van der Waals surface area contributed by atoms with E-state index in [4.69, 9.17) is 0 Å². The number of benzene rings is 2. The highest BCUT2D eigenvalue weighted by Gasteiger charge is 2.33. The van der Waals surface area contributed by atoms with Crippen LogP contribution in [0.3, 0.4) is 0 Å². The third-order valence-electron chi connectivity index (χ3n) is 5.02. The lowest BCUT2D eigenvalue weighted by atomic mass is 10.1. The number of nitrogens with one attached hydrogen (secondary N) is 1. The molecule has 4 rings (SSSR count). The highest BCUT2D eigenvalue weighted by molar-refractivity contribution is 7.99. The van der Waals surface area contributed by atoms with E-state index in [1.165, 1.54) is 23.9 Å². The predicted octanol–water partition coefficient (Wildman–Crippen LogP) is 4.00. The number of piperazine rings is 1. The molecule has 1 atom stereocenters. The van der Waals surface area contributed by atoms with Crippen molar-refractivity contribution in [2.45, 2.75) is 22.1 Å².